The maximum absolute atomic E-state index is 2.44. The summed E-state index contributed by atoms with van der Waals surface area (Å²) in [5.41, 5.74) is 0. The zero-order valence-electron chi connectivity index (χ0n) is 6.97. The fraction of sp³-hybridized carbons (Fsp3) is 1.00. The molecule has 2 bridgehead atoms. The van der Waals surface area contributed by atoms with Gasteiger partial charge in [-0.2, -0.15) is 0 Å². The van der Waals surface area contributed by atoms with Gasteiger partial charge in [0.1, 0.15) is 0 Å². The molecule has 10 heavy (non-hydrogen) atoms. The van der Waals surface area contributed by atoms with Gasteiger partial charge in [0.05, 0.1) is 0 Å². The molecule has 0 aromatic carbocycles. The Morgan fingerprint density at radius 1 is 0.900 bits per heavy atom. The van der Waals surface area contributed by atoms with Crippen LogP contribution in [0.15, 0.2) is 0 Å². The van der Waals surface area contributed by atoms with Crippen LogP contribution in [0.3, 0.4) is 0 Å². The maximum Gasteiger partial charge on any atom is -0.0409 e. The molecule has 0 N–H and O–H groups in total. The van der Waals surface area contributed by atoms with Crippen molar-refractivity contribution in [1.82, 2.24) is 0 Å². The molecule has 0 amide bonds. The van der Waals surface area contributed by atoms with E-state index in [1.165, 1.54) is 19.3 Å². The first-order valence-corrected chi connectivity index (χ1v) is 4.84. The first-order chi connectivity index (χ1) is 4.84. The van der Waals surface area contributed by atoms with Crippen LogP contribution in [-0.2, 0) is 0 Å². The zero-order chi connectivity index (χ0) is 6.97. The zero-order valence-corrected chi connectivity index (χ0v) is 6.97. The third-order valence-electron chi connectivity index (χ3n) is 3.36. The highest BCUT2D eigenvalue weighted by Crippen LogP contribution is 2.41. The van der Waals surface area contributed by atoms with E-state index in [2.05, 4.69) is 6.92 Å². The van der Waals surface area contributed by atoms with Crippen LogP contribution in [0.25, 0.3) is 0 Å². The van der Waals surface area contributed by atoms with E-state index in [4.69, 9.17) is 0 Å². The highest BCUT2D eigenvalue weighted by molar-refractivity contribution is 4.81. The van der Waals surface area contributed by atoms with Gasteiger partial charge in [0.25, 0.3) is 0 Å². The molecule has 2 atom stereocenters. The molecule has 58 valence electrons. The van der Waals surface area contributed by atoms with E-state index in [1.807, 2.05) is 0 Å². The summed E-state index contributed by atoms with van der Waals surface area (Å²) in [5, 5.41) is 0. The van der Waals surface area contributed by atoms with Gasteiger partial charge >= 0.3 is 0 Å². The molecule has 0 aromatic heterocycles. The van der Waals surface area contributed by atoms with Crippen molar-refractivity contribution in [1.29, 1.82) is 0 Å². The largest absolute Gasteiger partial charge is 0.0625 e. The van der Waals surface area contributed by atoms with Crippen molar-refractivity contribution in [2.45, 2.75) is 45.4 Å². The quantitative estimate of drug-likeness (QED) is 0.482. The molecule has 2 rings (SSSR count). The van der Waals surface area contributed by atoms with Crippen LogP contribution in [0.2, 0.25) is 0 Å². The second-order valence-corrected chi connectivity index (χ2v) is 4.48. The lowest BCUT2D eigenvalue weighted by Crippen LogP contribution is -2.25. The molecule has 0 aromatic rings. The monoisotopic (exact) mass is 138 g/mol. The lowest BCUT2D eigenvalue weighted by molar-refractivity contribution is 0.146. The number of fused-ring (bicyclic) bond motifs is 2. The lowest BCUT2D eigenvalue weighted by atomic mass is 9.69. The highest BCUT2D eigenvalue weighted by Gasteiger charge is 2.29. The summed E-state index contributed by atoms with van der Waals surface area (Å²) < 4.78 is 0. The van der Waals surface area contributed by atoms with Crippen LogP contribution in [0, 0.1) is 17.8 Å². The fourth-order valence-electron chi connectivity index (χ4n) is 3.06. The normalized spacial score (nSPS) is 47.1. The van der Waals surface area contributed by atoms with Crippen LogP contribution in [0.5, 0.6) is 0 Å². The number of rotatable bonds is 0. The average Bonchev–Trinajstić information content (AvgIpc) is 1.85. The summed E-state index contributed by atoms with van der Waals surface area (Å²) in [5.74, 6) is 3.30. The van der Waals surface area contributed by atoms with E-state index >= 15 is 0 Å². The van der Waals surface area contributed by atoms with Crippen molar-refractivity contribution in [3.63, 3.8) is 0 Å². The minimum atomic E-state index is 1.05. The van der Waals surface area contributed by atoms with Crippen molar-refractivity contribution < 1.29 is 0 Å². The van der Waals surface area contributed by atoms with Gasteiger partial charge in [0.15, 0.2) is 0 Å². The van der Waals surface area contributed by atoms with Crippen molar-refractivity contribution in [3.8, 4) is 0 Å². The molecule has 0 heteroatoms. The first kappa shape index (κ1) is 6.69. The summed E-state index contributed by atoms with van der Waals surface area (Å²) in [6.07, 6.45) is 9.26. The standard InChI is InChI=1S/C10H18/c1-8-5-9-3-2-4-10(6-8)7-9/h8-10H,2-7H2,1H3. The van der Waals surface area contributed by atoms with Crippen molar-refractivity contribution in [2.24, 2.45) is 17.8 Å². The fourth-order valence-corrected chi connectivity index (χ4v) is 3.06. The predicted octanol–water partition coefficient (Wildman–Crippen LogP) is 3.22. The lowest BCUT2D eigenvalue weighted by Gasteiger charge is -2.37. The molecule has 0 saturated heterocycles. The van der Waals surface area contributed by atoms with Crippen molar-refractivity contribution >= 4 is 0 Å². The Morgan fingerprint density at radius 3 is 2.10 bits per heavy atom. The van der Waals surface area contributed by atoms with Gasteiger partial charge in [-0.25, -0.2) is 0 Å². The Balaban J connectivity index is 1.98. The molecule has 0 aliphatic heterocycles. The van der Waals surface area contributed by atoms with E-state index in [1.54, 1.807) is 19.3 Å². The summed E-state index contributed by atoms with van der Waals surface area (Å²) in [6.45, 7) is 2.44. The molecule has 0 heterocycles. The van der Waals surface area contributed by atoms with E-state index in [9.17, 15) is 0 Å². The van der Waals surface area contributed by atoms with Gasteiger partial charge in [0.2, 0.25) is 0 Å². The third kappa shape index (κ3) is 1.21. The topological polar surface area (TPSA) is 0 Å². The number of hydrogen-bond donors (Lipinski definition) is 0. The Hall–Kier alpha value is 0. The SMILES string of the molecule is CC1CC2CCCC(C1)C2. The summed E-state index contributed by atoms with van der Waals surface area (Å²) in [6, 6.07) is 0. The van der Waals surface area contributed by atoms with Gasteiger partial charge in [0, 0.05) is 0 Å². The molecule has 2 saturated carbocycles. The molecule has 2 aliphatic rings. The molecular weight excluding hydrogens is 120 g/mol. The molecule has 0 radical (unpaired) electrons. The molecule has 0 spiro atoms. The predicted molar refractivity (Wildman–Crippen MR) is 43.8 cm³/mol. The van der Waals surface area contributed by atoms with Crippen LogP contribution in [-0.4, -0.2) is 0 Å². The third-order valence-corrected chi connectivity index (χ3v) is 3.36. The second-order valence-electron chi connectivity index (χ2n) is 4.48. The summed E-state index contributed by atoms with van der Waals surface area (Å²) in [7, 11) is 0. The molecule has 2 unspecified atom stereocenters. The van der Waals surface area contributed by atoms with E-state index < -0.39 is 0 Å². The van der Waals surface area contributed by atoms with Crippen LogP contribution in [0.1, 0.15) is 45.4 Å². The van der Waals surface area contributed by atoms with E-state index in [-0.39, 0.29) is 0 Å². The first-order valence-electron chi connectivity index (χ1n) is 4.84. The Bertz CT molecular complexity index is 101. The smallest absolute Gasteiger partial charge is 0.0409 e. The van der Waals surface area contributed by atoms with Crippen LogP contribution < -0.4 is 0 Å². The highest BCUT2D eigenvalue weighted by atomic mass is 14.3. The molecule has 2 fully saturated rings. The Labute approximate surface area is 64.0 Å². The second kappa shape index (κ2) is 2.56. The Morgan fingerprint density at radius 2 is 1.50 bits per heavy atom. The van der Waals surface area contributed by atoms with Crippen molar-refractivity contribution in [3.05, 3.63) is 0 Å². The molecule has 2 aliphatic carbocycles. The van der Waals surface area contributed by atoms with Gasteiger partial charge in [-0.05, 0) is 37.0 Å². The van der Waals surface area contributed by atoms with Gasteiger partial charge in [-0.15, -0.1) is 0 Å². The number of hydrogen-bond acceptors (Lipinski definition) is 0. The summed E-state index contributed by atoms with van der Waals surface area (Å²) in [4.78, 5) is 0. The minimum Gasteiger partial charge on any atom is -0.0625 e. The van der Waals surface area contributed by atoms with E-state index in [0.717, 1.165) is 17.8 Å². The van der Waals surface area contributed by atoms with Gasteiger partial charge in [-0.3, -0.25) is 0 Å². The van der Waals surface area contributed by atoms with Crippen LogP contribution >= 0.6 is 0 Å². The maximum atomic E-state index is 2.44. The minimum absolute atomic E-state index is 1.05. The van der Waals surface area contributed by atoms with Crippen LogP contribution in [0.4, 0.5) is 0 Å². The molecular formula is C10H18. The van der Waals surface area contributed by atoms with Crippen molar-refractivity contribution in [2.75, 3.05) is 0 Å². The average molecular weight is 138 g/mol. The summed E-state index contributed by atoms with van der Waals surface area (Å²) >= 11 is 0. The van der Waals surface area contributed by atoms with E-state index in [0.29, 0.717) is 0 Å². The Kier molecular flexibility index (Phi) is 1.71. The van der Waals surface area contributed by atoms with Gasteiger partial charge < -0.3 is 0 Å². The van der Waals surface area contributed by atoms with Gasteiger partial charge in [-0.1, -0.05) is 26.2 Å². The molecule has 0 nitrogen and oxygen atoms in total.